The van der Waals surface area contributed by atoms with Gasteiger partial charge in [0.15, 0.2) is 0 Å². The summed E-state index contributed by atoms with van der Waals surface area (Å²) in [5.41, 5.74) is 1.27. The van der Waals surface area contributed by atoms with Crippen LogP contribution in [0.1, 0.15) is 36.7 Å². The van der Waals surface area contributed by atoms with E-state index < -0.39 is 0 Å². The first-order valence-electron chi connectivity index (χ1n) is 8.64. The Morgan fingerprint density at radius 1 is 1.08 bits per heavy atom. The number of hydrogen-bond donors (Lipinski definition) is 1. The van der Waals surface area contributed by atoms with Crippen molar-refractivity contribution < 1.29 is 4.74 Å². The molecular weight excluding hydrogens is 314 g/mol. The van der Waals surface area contributed by atoms with Crippen LogP contribution in [0.5, 0.6) is 11.6 Å². The molecule has 4 rings (SSSR count). The molecule has 1 saturated heterocycles. The summed E-state index contributed by atoms with van der Waals surface area (Å²) in [6, 6.07) is 8.56. The van der Waals surface area contributed by atoms with Gasteiger partial charge in [-0.15, -0.1) is 0 Å². The second kappa shape index (κ2) is 7.44. The Bertz CT molecular complexity index is 773. The van der Waals surface area contributed by atoms with E-state index in [2.05, 4.69) is 37.0 Å². The normalized spacial score (nSPS) is 18.2. The fourth-order valence-electron chi connectivity index (χ4n) is 3.31. The zero-order valence-electron chi connectivity index (χ0n) is 14.0. The summed E-state index contributed by atoms with van der Waals surface area (Å²) in [5.74, 6) is 2.34. The van der Waals surface area contributed by atoms with Crippen molar-refractivity contribution in [1.29, 1.82) is 0 Å². The van der Waals surface area contributed by atoms with E-state index in [-0.39, 0.29) is 0 Å². The smallest absolute Gasteiger partial charge is 0.237 e. The number of piperidine rings is 1. The fraction of sp³-hybridized carbons (Fsp3) is 0.316. The van der Waals surface area contributed by atoms with E-state index in [9.17, 15) is 0 Å². The minimum atomic E-state index is 0.374. The van der Waals surface area contributed by atoms with Crippen LogP contribution in [0, 0.1) is 0 Å². The van der Waals surface area contributed by atoms with Gasteiger partial charge in [0.25, 0.3) is 0 Å². The van der Waals surface area contributed by atoms with Crippen LogP contribution in [0.3, 0.4) is 0 Å². The van der Waals surface area contributed by atoms with Gasteiger partial charge in [-0.3, -0.25) is 9.88 Å². The first-order valence-corrected chi connectivity index (χ1v) is 8.64. The molecule has 0 saturated carbocycles. The topological polar surface area (TPSA) is 66.9 Å². The summed E-state index contributed by atoms with van der Waals surface area (Å²) in [5, 5.41) is 0. The Hall–Kier alpha value is -2.73. The maximum Gasteiger partial charge on any atom is 0.237 e. The number of hydrogen-bond acceptors (Lipinski definition) is 5. The lowest BCUT2D eigenvalue weighted by Crippen LogP contribution is -2.33. The van der Waals surface area contributed by atoms with E-state index >= 15 is 0 Å². The number of aromatic amines is 1. The maximum absolute atomic E-state index is 5.70. The molecule has 1 N–H and O–H groups in total. The van der Waals surface area contributed by atoms with E-state index in [0.29, 0.717) is 11.9 Å². The van der Waals surface area contributed by atoms with Crippen LogP contribution in [0.15, 0.2) is 55.2 Å². The Morgan fingerprint density at radius 3 is 2.76 bits per heavy atom. The molecule has 1 fully saturated rings. The second-order valence-corrected chi connectivity index (χ2v) is 6.25. The molecule has 25 heavy (non-hydrogen) atoms. The van der Waals surface area contributed by atoms with Crippen LogP contribution in [-0.4, -0.2) is 31.4 Å². The lowest BCUT2D eigenvalue weighted by atomic mass is 10.0. The maximum atomic E-state index is 5.70. The Labute approximate surface area is 146 Å². The van der Waals surface area contributed by atoms with Crippen molar-refractivity contribution in [3.05, 3.63) is 66.6 Å². The van der Waals surface area contributed by atoms with E-state index in [1.54, 1.807) is 18.6 Å². The summed E-state index contributed by atoms with van der Waals surface area (Å²) in [6.07, 6.45) is 12.2. The number of H-pyrrole nitrogens is 1. The summed E-state index contributed by atoms with van der Waals surface area (Å²) in [4.78, 5) is 18.4. The molecule has 1 aliphatic rings. The number of imidazole rings is 1. The van der Waals surface area contributed by atoms with Crippen molar-refractivity contribution >= 4 is 0 Å². The molecule has 1 aliphatic heterocycles. The lowest BCUT2D eigenvalue weighted by molar-refractivity contribution is 0.134. The first kappa shape index (κ1) is 15.8. The van der Waals surface area contributed by atoms with E-state index in [4.69, 9.17) is 4.74 Å². The van der Waals surface area contributed by atoms with Gasteiger partial charge >= 0.3 is 0 Å². The summed E-state index contributed by atoms with van der Waals surface area (Å²) < 4.78 is 5.70. The molecule has 0 amide bonds. The molecule has 6 heteroatoms. The molecule has 0 radical (unpaired) electrons. The molecule has 3 heterocycles. The van der Waals surface area contributed by atoms with Gasteiger partial charge in [-0.05, 0) is 37.1 Å². The molecule has 128 valence electrons. The lowest BCUT2D eigenvalue weighted by Gasteiger charge is -2.34. The summed E-state index contributed by atoms with van der Waals surface area (Å²) in [7, 11) is 0. The standard InChI is InChI=1S/C19H21N5O/c1-2-12-24(17(3-1)19-22-10-11-23-19)14-15-4-6-16(7-5-15)25-18-13-20-8-9-21-18/h4-11,13,17H,1-3,12,14H2,(H,22,23). The van der Waals surface area contributed by atoms with Crippen LogP contribution in [0.25, 0.3) is 0 Å². The zero-order chi connectivity index (χ0) is 16.9. The number of rotatable bonds is 5. The fourth-order valence-corrected chi connectivity index (χ4v) is 3.31. The number of benzene rings is 1. The van der Waals surface area contributed by atoms with Crippen molar-refractivity contribution in [2.75, 3.05) is 6.54 Å². The molecule has 3 aromatic rings. The molecule has 0 spiro atoms. The average Bonchev–Trinajstić information content (AvgIpc) is 3.19. The predicted molar refractivity (Wildman–Crippen MR) is 94.1 cm³/mol. The van der Waals surface area contributed by atoms with Crippen LogP contribution in [-0.2, 0) is 6.54 Å². The van der Waals surface area contributed by atoms with Gasteiger partial charge in [-0.25, -0.2) is 9.97 Å². The predicted octanol–water partition coefficient (Wildman–Crippen LogP) is 3.72. The number of likely N-dealkylation sites (tertiary alicyclic amines) is 1. The Morgan fingerprint density at radius 2 is 2.00 bits per heavy atom. The Kier molecular flexibility index (Phi) is 4.70. The highest BCUT2D eigenvalue weighted by atomic mass is 16.5. The molecule has 2 aromatic heterocycles. The van der Waals surface area contributed by atoms with Crippen LogP contribution in [0.2, 0.25) is 0 Å². The molecule has 1 atom stereocenters. The van der Waals surface area contributed by atoms with Crippen molar-refractivity contribution in [2.45, 2.75) is 31.8 Å². The second-order valence-electron chi connectivity index (χ2n) is 6.25. The van der Waals surface area contributed by atoms with E-state index in [1.165, 1.54) is 18.4 Å². The van der Waals surface area contributed by atoms with E-state index in [0.717, 1.165) is 31.1 Å². The van der Waals surface area contributed by atoms with Crippen LogP contribution < -0.4 is 4.74 Å². The van der Waals surface area contributed by atoms with E-state index in [1.807, 2.05) is 24.5 Å². The van der Waals surface area contributed by atoms with Gasteiger partial charge in [-0.1, -0.05) is 18.6 Å². The molecule has 1 aromatic carbocycles. The van der Waals surface area contributed by atoms with Gasteiger partial charge in [0.1, 0.15) is 11.6 Å². The minimum absolute atomic E-state index is 0.374. The zero-order valence-corrected chi connectivity index (χ0v) is 14.0. The molecule has 6 nitrogen and oxygen atoms in total. The van der Waals surface area contributed by atoms with Crippen LogP contribution in [0.4, 0.5) is 0 Å². The van der Waals surface area contributed by atoms with Gasteiger partial charge in [0, 0.05) is 31.3 Å². The van der Waals surface area contributed by atoms with Crippen molar-refractivity contribution in [1.82, 2.24) is 24.8 Å². The number of ether oxygens (including phenoxy) is 1. The number of nitrogens with one attached hydrogen (secondary N) is 1. The van der Waals surface area contributed by atoms with Gasteiger partial charge in [-0.2, -0.15) is 0 Å². The molecule has 0 bridgehead atoms. The monoisotopic (exact) mass is 335 g/mol. The molecule has 0 aliphatic carbocycles. The average molecular weight is 335 g/mol. The van der Waals surface area contributed by atoms with Crippen LogP contribution >= 0.6 is 0 Å². The third-order valence-corrected chi connectivity index (χ3v) is 4.52. The highest BCUT2D eigenvalue weighted by Gasteiger charge is 2.25. The van der Waals surface area contributed by atoms with Gasteiger partial charge < -0.3 is 9.72 Å². The summed E-state index contributed by atoms with van der Waals surface area (Å²) in [6.45, 7) is 2.01. The molecular formula is C19H21N5O. The van der Waals surface area contributed by atoms with Gasteiger partial charge in [0.2, 0.25) is 5.88 Å². The largest absolute Gasteiger partial charge is 0.438 e. The third-order valence-electron chi connectivity index (χ3n) is 4.52. The Balaban J connectivity index is 1.43. The SMILES string of the molecule is c1cnc(Oc2ccc(CN3CCCCC3c3ncc[nH]3)cc2)cn1. The van der Waals surface area contributed by atoms with Crippen molar-refractivity contribution in [3.8, 4) is 11.6 Å². The number of aromatic nitrogens is 4. The van der Waals surface area contributed by atoms with Crippen molar-refractivity contribution in [3.63, 3.8) is 0 Å². The quantitative estimate of drug-likeness (QED) is 0.770. The highest BCUT2D eigenvalue weighted by molar-refractivity contribution is 5.30. The van der Waals surface area contributed by atoms with Gasteiger partial charge in [0.05, 0.1) is 12.2 Å². The first-order chi connectivity index (χ1) is 12.4. The minimum Gasteiger partial charge on any atom is -0.438 e. The number of nitrogens with zero attached hydrogens (tertiary/aromatic N) is 4. The molecule has 1 unspecified atom stereocenters. The van der Waals surface area contributed by atoms with Crippen molar-refractivity contribution in [2.24, 2.45) is 0 Å². The third kappa shape index (κ3) is 3.85. The highest BCUT2D eigenvalue weighted by Crippen LogP contribution is 2.30. The summed E-state index contributed by atoms with van der Waals surface area (Å²) >= 11 is 0.